The summed E-state index contributed by atoms with van der Waals surface area (Å²) < 4.78 is 113. The number of nitrogens with one attached hydrogen (secondary N) is 5. The molecule has 4 heterocycles. The summed E-state index contributed by atoms with van der Waals surface area (Å²) in [4.78, 5) is 77.2. The highest BCUT2D eigenvalue weighted by molar-refractivity contribution is 7.99. The first-order valence-corrected chi connectivity index (χ1v) is 41.8. The number of likely N-dealkylation sites (N-methyl/N-ethyl adjacent to an activating group) is 1. The van der Waals surface area contributed by atoms with Gasteiger partial charge in [-0.3, -0.25) is 33.8 Å². The molecule has 0 spiro atoms. The summed E-state index contributed by atoms with van der Waals surface area (Å²) in [6.07, 6.45) is 9.65. The van der Waals surface area contributed by atoms with Gasteiger partial charge in [-0.15, -0.1) is 11.8 Å². The lowest BCUT2D eigenvalue weighted by molar-refractivity contribution is -0.150. The Morgan fingerprint density at radius 1 is 0.785 bits per heavy atom. The number of sulfone groups is 1. The molecule has 4 fully saturated rings. The Balaban J connectivity index is 0.630. The van der Waals surface area contributed by atoms with Gasteiger partial charge < -0.3 is 45.4 Å². The van der Waals surface area contributed by atoms with E-state index in [1.165, 1.54) is 40.6 Å². The number of thioether (sulfide) groups is 1. The lowest BCUT2D eigenvalue weighted by Crippen LogP contribution is -2.58. The Morgan fingerprint density at radius 3 is 2.21 bits per heavy atom. The Bertz CT molecular complexity index is 4240. The van der Waals surface area contributed by atoms with E-state index < -0.39 is 82.6 Å². The van der Waals surface area contributed by atoms with Crippen molar-refractivity contribution in [2.24, 2.45) is 10.8 Å². The Morgan fingerprint density at radius 2 is 1.50 bits per heavy atom. The fourth-order valence-corrected chi connectivity index (χ4v) is 18.7. The van der Waals surface area contributed by atoms with Gasteiger partial charge in [0.2, 0.25) is 23.6 Å². The third kappa shape index (κ3) is 20.4. The number of hydrogen-bond acceptors (Lipinski definition) is 17. The number of anilines is 2. The van der Waals surface area contributed by atoms with Gasteiger partial charge in [0.1, 0.15) is 29.0 Å². The van der Waals surface area contributed by atoms with Crippen molar-refractivity contribution in [3.8, 4) is 5.75 Å². The van der Waals surface area contributed by atoms with E-state index in [4.69, 9.17) is 21.1 Å². The van der Waals surface area contributed by atoms with Crippen LogP contribution in [0.5, 0.6) is 5.75 Å². The lowest BCUT2D eigenvalue weighted by Gasteiger charge is -2.39. The predicted octanol–water partition coefficient (Wildman–Crippen LogP) is 11.6. The van der Waals surface area contributed by atoms with E-state index in [1.807, 2.05) is 84.1 Å². The lowest BCUT2D eigenvalue weighted by atomic mass is 9.73. The number of sulfonamides is 1. The molecule has 5 N–H and O–H groups in total. The normalized spacial score (nSPS) is 21.4. The molecule has 5 aromatic rings. The number of ether oxygens (including phenoxy) is 2. The first-order chi connectivity index (χ1) is 50.9. The number of halogens is 4. The number of unbranched alkanes of at least 4 members (excludes halogenated alkanes) is 3. The molecule has 4 saturated heterocycles. The third-order valence-electron chi connectivity index (χ3n) is 21.8. The largest absolute Gasteiger partial charge is 0.501 e. The van der Waals surface area contributed by atoms with E-state index in [2.05, 4.69) is 61.9 Å². The summed E-state index contributed by atoms with van der Waals surface area (Å²) in [7, 11) is -9.42. The molecule has 28 heteroatoms. The minimum Gasteiger partial charge on any atom is -0.494 e. The maximum atomic E-state index is 14.6. The Hall–Kier alpha value is -7.24. The number of fused-ring (bicyclic) bond motifs is 2. The number of alkyl halides is 3. The second-order valence-corrected chi connectivity index (χ2v) is 35.7. The van der Waals surface area contributed by atoms with Crippen LogP contribution in [0.3, 0.4) is 0 Å². The monoisotopic (exact) mass is 1550 g/mol. The van der Waals surface area contributed by atoms with Crippen molar-refractivity contribution < 1.29 is 63.5 Å². The highest BCUT2D eigenvalue weighted by Gasteiger charge is 2.55. The van der Waals surface area contributed by atoms with Gasteiger partial charge in [-0.25, -0.2) is 21.6 Å². The van der Waals surface area contributed by atoms with Gasteiger partial charge in [-0.05, 0) is 190 Å². The fraction of sp³-hybridized carbons (Fsp3) is 0.532. The quantitative estimate of drug-likeness (QED) is 0.0220. The molecule has 6 aliphatic rings. The fourth-order valence-electron chi connectivity index (χ4n) is 15.5. The number of nitrogens with zero attached hydrogens (tertiary/aromatic N) is 5. The number of amides is 5. The van der Waals surface area contributed by atoms with Gasteiger partial charge in [-0.2, -0.15) is 13.2 Å². The van der Waals surface area contributed by atoms with Gasteiger partial charge in [0.05, 0.1) is 35.9 Å². The van der Waals surface area contributed by atoms with Crippen LogP contribution in [0, 0.1) is 10.8 Å². The minimum absolute atomic E-state index is 0.0299. The first kappa shape index (κ1) is 80.8. The molecule has 6 atom stereocenters. The SMILES string of the molecule is CN[C@@H](C)C(=O)N[C@H]1CCO[C@H]2CC(C)(C)[C@@H](C(=O)N[C@@H]3CCCc4cc(OCCCCCCC(=O)N5CCN(CC[C@H](CSc6ccccc6)Nc6ccc(S(=O)(=O)NC(=O)c7ccc(N8CCN(CC9=C(c%10ccc(Cl)cc%10)CCC(C)(C)C9)CC8)cc7)cc6S(=O)(=O)C(F)(F)F)CC5)ccc43)N2C1=O. The predicted molar refractivity (Wildman–Crippen MR) is 410 cm³/mol. The molecular weight excluding hydrogens is 1450 g/mol. The standard InChI is InChI=1S/C79H102ClF3N10O11S3/c1-53(84-6)73(95)87-68-34-46-104-71-50-78(4,5)72(93(71)76(68)98)75(97)86-66-18-14-15-56-47-61(28-30-65(56)66)103-45-13-8-7-12-19-70(94)92-43-37-89(38-44-92)36-33-59(52-105-62-16-10-9-11-17-62)85-67-31-29-63(48-69(67)106(99,100)79(81,82)83)107(101,102)88-74(96)55-22-26-60(27-23-55)91-41-39-90(40-42-91)51-57-49-77(2,3)35-32-64(57)54-20-24-58(80)25-21-54/h9-11,16-17,20-31,47-48,53,59,66,68,71-72,84-85H,7-8,12-15,18-19,32-46,49-52H2,1-6H3,(H,86,97)(H,87,95)(H,88,96)/t53-,59+,66+,68-,71-,72+/m0/s1. The molecule has 107 heavy (non-hydrogen) atoms. The van der Waals surface area contributed by atoms with Crippen molar-refractivity contribution in [3.05, 3.63) is 148 Å². The van der Waals surface area contributed by atoms with Crippen LogP contribution in [0.15, 0.2) is 136 Å². The summed E-state index contributed by atoms with van der Waals surface area (Å²) in [5.74, 6) is -0.847. The van der Waals surface area contributed by atoms with E-state index in [9.17, 15) is 54.0 Å². The van der Waals surface area contributed by atoms with Gasteiger partial charge in [0, 0.05) is 111 Å². The maximum Gasteiger partial charge on any atom is 0.501 e. The number of allylic oxidation sites excluding steroid dienone is 1. The zero-order valence-electron chi connectivity index (χ0n) is 62.0. The van der Waals surface area contributed by atoms with Crippen molar-refractivity contribution in [2.45, 2.75) is 181 Å². The van der Waals surface area contributed by atoms with Crippen molar-refractivity contribution >= 4 is 89.7 Å². The zero-order chi connectivity index (χ0) is 76.4. The van der Waals surface area contributed by atoms with Crippen LogP contribution in [-0.2, 0) is 50.2 Å². The van der Waals surface area contributed by atoms with Crippen molar-refractivity contribution in [1.82, 2.24) is 40.3 Å². The molecule has 2 aliphatic carbocycles. The number of carbonyl (C=O) groups excluding carboxylic acids is 5. The van der Waals surface area contributed by atoms with E-state index in [0.717, 1.165) is 117 Å². The maximum absolute atomic E-state index is 14.6. The number of piperazine rings is 2. The molecule has 21 nitrogen and oxygen atoms in total. The molecule has 0 aromatic heterocycles. The van der Waals surface area contributed by atoms with Gasteiger partial charge in [-0.1, -0.05) is 94.1 Å². The van der Waals surface area contributed by atoms with Gasteiger partial charge in [0.25, 0.3) is 25.8 Å². The second-order valence-electron chi connectivity index (χ2n) is 30.6. The van der Waals surface area contributed by atoms with Crippen LogP contribution in [0.2, 0.25) is 5.02 Å². The summed E-state index contributed by atoms with van der Waals surface area (Å²) >= 11 is 7.65. The van der Waals surface area contributed by atoms with Crippen LogP contribution < -0.4 is 35.6 Å². The van der Waals surface area contributed by atoms with E-state index in [1.54, 1.807) is 31.0 Å². The Kier molecular flexibility index (Phi) is 26.6. The molecular formula is C79H102ClF3N10O11S3. The van der Waals surface area contributed by atoms with Crippen LogP contribution in [0.1, 0.15) is 151 Å². The van der Waals surface area contributed by atoms with Crippen LogP contribution in [0.4, 0.5) is 24.5 Å². The van der Waals surface area contributed by atoms with Crippen LogP contribution in [0.25, 0.3) is 5.57 Å². The molecule has 0 radical (unpaired) electrons. The topological polar surface area (TPSA) is 248 Å². The number of rotatable bonds is 29. The molecule has 5 aromatic carbocycles. The van der Waals surface area contributed by atoms with Crippen LogP contribution in [-0.4, -0.2) is 193 Å². The molecule has 0 bridgehead atoms. The smallest absolute Gasteiger partial charge is 0.494 e. The third-order valence-corrected chi connectivity index (χ3v) is 26.1. The van der Waals surface area contributed by atoms with Crippen molar-refractivity contribution in [1.29, 1.82) is 0 Å². The van der Waals surface area contributed by atoms with Crippen molar-refractivity contribution in [3.63, 3.8) is 0 Å². The first-order valence-electron chi connectivity index (χ1n) is 37.4. The molecule has 4 aliphatic heterocycles. The highest BCUT2D eigenvalue weighted by atomic mass is 35.5. The summed E-state index contributed by atoms with van der Waals surface area (Å²) in [5.41, 5.74) is 0.261. The van der Waals surface area contributed by atoms with E-state index >= 15 is 0 Å². The number of aryl methyl sites for hydroxylation is 1. The summed E-state index contributed by atoms with van der Waals surface area (Å²) in [6, 6.07) is 29.1. The van der Waals surface area contributed by atoms with E-state index in [0.29, 0.717) is 95.6 Å². The summed E-state index contributed by atoms with van der Waals surface area (Å²) in [6.45, 7) is 17.4. The second kappa shape index (κ2) is 35.2. The molecule has 11 rings (SSSR count). The average Bonchev–Trinajstić information content (AvgIpc) is 1.71. The number of carbonyl (C=O) groups is 5. The molecule has 0 unspecified atom stereocenters. The number of hydrogen-bond donors (Lipinski definition) is 5. The van der Waals surface area contributed by atoms with Gasteiger partial charge >= 0.3 is 5.51 Å². The van der Waals surface area contributed by atoms with Gasteiger partial charge in [0.15, 0.2) is 0 Å². The van der Waals surface area contributed by atoms with Crippen molar-refractivity contribution in [2.75, 3.05) is 102 Å². The molecule has 5 amide bonds. The van der Waals surface area contributed by atoms with Crippen LogP contribution >= 0.6 is 23.4 Å². The Labute approximate surface area is 637 Å². The zero-order valence-corrected chi connectivity index (χ0v) is 65.2. The minimum atomic E-state index is -6.16. The molecule has 580 valence electrons. The number of benzene rings is 5. The van der Waals surface area contributed by atoms with E-state index in [-0.39, 0.29) is 53.0 Å². The highest BCUT2D eigenvalue weighted by Crippen LogP contribution is 2.46. The summed E-state index contributed by atoms with van der Waals surface area (Å²) in [5, 5.41) is 12.8. The average molecular weight is 1560 g/mol. The molecule has 0 saturated carbocycles.